The highest BCUT2D eigenvalue weighted by atomic mass is 35.5. The van der Waals surface area contributed by atoms with Gasteiger partial charge in [-0.05, 0) is 38.5 Å². The molecule has 0 aromatic heterocycles. The van der Waals surface area contributed by atoms with Crippen LogP contribution in [-0.4, -0.2) is 30.4 Å². The van der Waals surface area contributed by atoms with Crippen LogP contribution in [0.2, 0.25) is 5.02 Å². The highest BCUT2D eigenvalue weighted by molar-refractivity contribution is 6.33. The normalized spacial score (nSPS) is 26.2. The molecule has 1 N–H and O–H groups in total. The first-order valence-electron chi connectivity index (χ1n) is 6.35. The lowest BCUT2D eigenvalue weighted by Gasteiger charge is -2.37. The summed E-state index contributed by atoms with van der Waals surface area (Å²) >= 11 is 6.31. The van der Waals surface area contributed by atoms with Crippen LogP contribution in [0.4, 0.5) is 5.69 Å². The van der Waals surface area contributed by atoms with Crippen LogP contribution in [-0.2, 0) is 4.74 Å². The third-order valence-corrected chi connectivity index (χ3v) is 3.52. The molecular weight excluding hydrogens is 250 g/mol. The predicted molar refractivity (Wildman–Crippen MR) is 74.3 cm³/mol. The Morgan fingerprint density at radius 3 is 2.44 bits per heavy atom. The summed E-state index contributed by atoms with van der Waals surface area (Å²) in [5.41, 5.74) is 1.86. The molecule has 18 heavy (non-hydrogen) atoms. The Hall–Kier alpha value is -0.770. The van der Waals surface area contributed by atoms with Crippen molar-refractivity contribution in [2.24, 2.45) is 0 Å². The molecule has 3 nitrogen and oxygen atoms in total. The number of aliphatic hydroxyl groups excluding tert-OH is 1. The van der Waals surface area contributed by atoms with Gasteiger partial charge in [-0.1, -0.05) is 17.7 Å². The number of rotatable bonds is 2. The van der Waals surface area contributed by atoms with Crippen molar-refractivity contribution in [1.82, 2.24) is 0 Å². The number of aliphatic hydroxyl groups is 1. The van der Waals surface area contributed by atoms with Gasteiger partial charge in [-0.15, -0.1) is 0 Å². The molecule has 100 valence electrons. The lowest BCUT2D eigenvalue weighted by atomic mass is 10.1. The van der Waals surface area contributed by atoms with Crippen molar-refractivity contribution < 1.29 is 9.84 Å². The number of halogens is 1. The Morgan fingerprint density at radius 1 is 1.33 bits per heavy atom. The van der Waals surface area contributed by atoms with Crippen molar-refractivity contribution >= 4 is 17.3 Å². The van der Waals surface area contributed by atoms with Crippen LogP contribution >= 0.6 is 11.6 Å². The number of hydrogen-bond acceptors (Lipinski definition) is 3. The molecule has 3 unspecified atom stereocenters. The number of ether oxygens (including phenoxy) is 1. The van der Waals surface area contributed by atoms with E-state index in [1.54, 1.807) is 6.92 Å². The van der Waals surface area contributed by atoms with Crippen molar-refractivity contribution in [3.63, 3.8) is 0 Å². The number of morpholine rings is 1. The smallest absolute Gasteiger partial charge is 0.0762 e. The minimum Gasteiger partial charge on any atom is -0.389 e. The first-order chi connectivity index (χ1) is 8.47. The SMILES string of the molecule is CC1CN(c2ccc(C(C)O)cc2Cl)CC(C)O1. The summed E-state index contributed by atoms with van der Waals surface area (Å²) in [4.78, 5) is 2.24. The fourth-order valence-corrected chi connectivity index (χ4v) is 2.72. The fraction of sp³-hybridized carbons (Fsp3) is 0.571. The molecule has 0 bridgehead atoms. The van der Waals surface area contributed by atoms with Gasteiger partial charge in [-0.3, -0.25) is 0 Å². The number of nitrogens with zero attached hydrogens (tertiary/aromatic N) is 1. The van der Waals surface area contributed by atoms with Gasteiger partial charge in [-0.25, -0.2) is 0 Å². The number of hydrogen-bond donors (Lipinski definition) is 1. The van der Waals surface area contributed by atoms with Crippen LogP contribution in [0.3, 0.4) is 0 Å². The maximum Gasteiger partial charge on any atom is 0.0762 e. The van der Waals surface area contributed by atoms with Gasteiger partial charge in [0.05, 0.1) is 29.0 Å². The van der Waals surface area contributed by atoms with Crippen molar-refractivity contribution in [3.05, 3.63) is 28.8 Å². The van der Waals surface area contributed by atoms with Crippen LogP contribution in [0.25, 0.3) is 0 Å². The molecule has 1 saturated heterocycles. The van der Waals surface area contributed by atoms with E-state index >= 15 is 0 Å². The summed E-state index contributed by atoms with van der Waals surface area (Å²) < 4.78 is 5.71. The van der Waals surface area contributed by atoms with E-state index in [4.69, 9.17) is 16.3 Å². The van der Waals surface area contributed by atoms with Crippen LogP contribution in [0.1, 0.15) is 32.4 Å². The lowest BCUT2D eigenvalue weighted by Crippen LogP contribution is -2.45. The van der Waals surface area contributed by atoms with Crippen molar-refractivity contribution in [2.75, 3.05) is 18.0 Å². The Bertz CT molecular complexity index is 412. The van der Waals surface area contributed by atoms with Crippen molar-refractivity contribution in [2.45, 2.75) is 39.1 Å². The minimum atomic E-state index is -0.487. The number of anilines is 1. The Morgan fingerprint density at radius 2 is 1.94 bits per heavy atom. The molecule has 4 heteroatoms. The molecule has 1 aliphatic heterocycles. The highest BCUT2D eigenvalue weighted by Crippen LogP contribution is 2.30. The molecule has 0 amide bonds. The Balaban J connectivity index is 2.22. The number of benzene rings is 1. The van der Waals surface area contributed by atoms with E-state index in [9.17, 15) is 5.11 Å². The van der Waals surface area contributed by atoms with Gasteiger partial charge in [0.15, 0.2) is 0 Å². The zero-order chi connectivity index (χ0) is 13.3. The van der Waals surface area contributed by atoms with Crippen LogP contribution in [0, 0.1) is 0 Å². The minimum absolute atomic E-state index is 0.209. The van der Waals surface area contributed by atoms with Crippen molar-refractivity contribution in [3.8, 4) is 0 Å². The Labute approximate surface area is 113 Å². The van der Waals surface area contributed by atoms with Gasteiger partial charge < -0.3 is 14.7 Å². The van der Waals surface area contributed by atoms with Gasteiger partial charge in [0.25, 0.3) is 0 Å². The maximum absolute atomic E-state index is 9.54. The van der Waals surface area contributed by atoms with Gasteiger partial charge in [0.2, 0.25) is 0 Å². The average Bonchev–Trinajstić information content (AvgIpc) is 2.27. The van der Waals surface area contributed by atoms with Crippen LogP contribution < -0.4 is 4.90 Å². The van der Waals surface area contributed by atoms with Gasteiger partial charge in [-0.2, -0.15) is 0 Å². The molecule has 1 aromatic rings. The zero-order valence-corrected chi connectivity index (χ0v) is 11.8. The summed E-state index contributed by atoms with van der Waals surface area (Å²) in [5.74, 6) is 0. The molecule has 1 aromatic carbocycles. The summed E-state index contributed by atoms with van der Waals surface area (Å²) in [5, 5.41) is 10.2. The molecular formula is C14H20ClNO2. The highest BCUT2D eigenvalue weighted by Gasteiger charge is 2.23. The van der Waals surface area contributed by atoms with Gasteiger partial charge in [0, 0.05) is 13.1 Å². The van der Waals surface area contributed by atoms with E-state index in [2.05, 4.69) is 18.7 Å². The molecule has 0 spiro atoms. The third-order valence-electron chi connectivity index (χ3n) is 3.21. The third kappa shape index (κ3) is 2.97. The molecule has 0 aliphatic carbocycles. The second kappa shape index (κ2) is 5.47. The molecule has 1 heterocycles. The van der Waals surface area contributed by atoms with E-state index < -0.39 is 6.10 Å². The second-order valence-electron chi connectivity index (χ2n) is 5.05. The van der Waals surface area contributed by atoms with E-state index in [1.807, 2.05) is 18.2 Å². The lowest BCUT2D eigenvalue weighted by molar-refractivity contribution is -0.00521. The summed E-state index contributed by atoms with van der Waals surface area (Å²) in [6.45, 7) is 7.57. The topological polar surface area (TPSA) is 32.7 Å². The average molecular weight is 270 g/mol. The molecule has 0 saturated carbocycles. The maximum atomic E-state index is 9.54. The van der Waals surface area contributed by atoms with E-state index in [0.717, 1.165) is 24.3 Å². The van der Waals surface area contributed by atoms with Crippen LogP contribution in [0.15, 0.2) is 18.2 Å². The largest absolute Gasteiger partial charge is 0.389 e. The molecule has 2 rings (SSSR count). The Kier molecular flexibility index (Phi) is 4.15. The first kappa shape index (κ1) is 13.7. The summed E-state index contributed by atoms with van der Waals surface area (Å²) in [7, 11) is 0. The standard InChI is InChI=1S/C14H20ClNO2/c1-9-7-16(8-10(2)18-9)14-5-4-12(11(3)17)6-13(14)15/h4-6,9-11,17H,7-8H2,1-3H3. The van der Waals surface area contributed by atoms with Crippen molar-refractivity contribution in [1.29, 1.82) is 0 Å². The predicted octanol–water partition coefficient (Wildman–Crippen LogP) is 3.01. The van der Waals surface area contributed by atoms with E-state index in [-0.39, 0.29) is 12.2 Å². The molecule has 3 atom stereocenters. The summed E-state index contributed by atoms with van der Waals surface area (Å²) in [6, 6.07) is 5.75. The van der Waals surface area contributed by atoms with E-state index in [1.165, 1.54) is 0 Å². The second-order valence-corrected chi connectivity index (χ2v) is 5.46. The van der Waals surface area contributed by atoms with Gasteiger partial charge in [0.1, 0.15) is 0 Å². The van der Waals surface area contributed by atoms with E-state index in [0.29, 0.717) is 5.02 Å². The fourth-order valence-electron chi connectivity index (χ4n) is 2.41. The molecule has 0 radical (unpaired) electrons. The quantitative estimate of drug-likeness (QED) is 0.896. The first-order valence-corrected chi connectivity index (χ1v) is 6.73. The monoisotopic (exact) mass is 269 g/mol. The molecule has 1 aliphatic rings. The van der Waals surface area contributed by atoms with Crippen LogP contribution in [0.5, 0.6) is 0 Å². The van der Waals surface area contributed by atoms with Gasteiger partial charge >= 0.3 is 0 Å². The molecule has 1 fully saturated rings. The zero-order valence-electron chi connectivity index (χ0n) is 11.1. The summed E-state index contributed by atoms with van der Waals surface area (Å²) in [6.07, 6.45) is -0.0680.